The molecule has 0 spiro atoms. The minimum atomic E-state index is -0.857. The van der Waals surface area contributed by atoms with Crippen molar-refractivity contribution in [2.75, 3.05) is 26.1 Å². The fourth-order valence-corrected chi connectivity index (χ4v) is 2.53. The highest BCUT2D eigenvalue weighted by Gasteiger charge is 2.23. The highest BCUT2D eigenvalue weighted by molar-refractivity contribution is 6.03. The van der Waals surface area contributed by atoms with E-state index in [0.29, 0.717) is 12.0 Å². The van der Waals surface area contributed by atoms with E-state index in [-0.39, 0.29) is 22.6 Å². The Morgan fingerprint density at radius 2 is 1.81 bits per heavy atom. The van der Waals surface area contributed by atoms with Crippen LogP contribution >= 0.6 is 0 Å². The lowest BCUT2D eigenvalue weighted by molar-refractivity contribution is -0.119. The first-order chi connectivity index (χ1) is 12.9. The van der Waals surface area contributed by atoms with Gasteiger partial charge < -0.3 is 19.5 Å². The molecule has 0 heterocycles. The molecule has 0 saturated heterocycles. The maximum absolute atomic E-state index is 12.5. The third kappa shape index (κ3) is 4.44. The Hall–Kier alpha value is -3.35. The molecule has 142 valence electrons. The van der Waals surface area contributed by atoms with Gasteiger partial charge in [-0.1, -0.05) is 12.1 Å². The quantitative estimate of drug-likeness (QED) is 0.594. The van der Waals surface area contributed by atoms with Crippen LogP contribution in [0, 0.1) is 13.8 Å². The van der Waals surface area contributed by atoms with E-state index >= 15 is 0 Å². The summed E-state index contributed by atoms with van der Waals surface area (Å²) in [5.41, 5.74) is 2.58. The standard InChI is InChI=1S/C20H21NO6/c1-12-6-5-7-15(13(12)2)21-17(23)11-27-20(24)18-14(10-22)8-9-16(25-3)19(18)26-4/h5-10H,11H2,1-4H3,(H,21,23). The monoisotopic (exact) mass is 371 g/mol. The number of anilines is 1. The number of hydrogen-bond acceptors (Lipinski definition) is 6. The largest absolute Gasteiger partial charge is 0.493 e. The van der Waals surface area contributed by atoms with Crippen molar-refractivity contribution in [3.8, 4) is 11.5 Å². The van der Waals surface area contributed by atoms with Crippen molar-refractivity contribution >= 4 is 23.9 Å². The number of aryl methyl sites for hydroxylation is 1. The average Bonchev–Trinajstić information content (AvgIpc) is 2.68. The molecule has 27 heavy (non-hydrogen) atoms. The van der Waals surface area contributed by atoms with Crippen molar-refractivity contribution in [2.24, 2.45) is 0 Å². The molecule has 0 aliphatic heterocycles. The van der Waals surface area contributed by atoms with Gasteiger partial charge in [-0.2, -0.15) is 0 Å². The Morgan fingerprint density at radius 1 is 1.07 bits per heavy atom. The molecule has 0 atom stereocenters. The molecule has 0 aliphatic rings. The minimum Gasteiger partial charge on any atom is -0.493 e. The number of rotatable bonds is 7. The van der Waals surface area contributed by atoms with Gasteiger partial charge >= 0.3 is 5.97 Å². The van der Waals surface area contributed by atoms with Gasteiger partial charge in [-0.05, 0) is 43.2 Å². The van der Waals surface area contributed by atoms with E-state index in [1.54, 1.807) is 6.07 Å². The minimum absolute atomic E-state index is 0.0713. The molecule has 2 rings (SSSR count). The van der Waals surface area contributed by atoms with Crippen molar-refractivity contribution in [2.45, 2.75) is 13.8 Å². The zero-order valence-electron chi connectivity index (χ0n) is 15.6. The van der Waals surface area contributed by atoms with Gasteiger partial charge in [-0.25, -0.2) is 4.79 Å². The van der Waals surface area contributed by atoms with Gasteiger partial charge in [0.2, 0.25) is 0 Å². The van der Waals surface area contributed by atoms with E-state index in [1.165, 1.54) is 26.4 Å². The van der Waals surface area contributed by atoms with Crippen LogP contribution in [0.2, 0.25) is 0 Å². The van der Waals surface area contributed by atoms with Gasteiger partial charge in [0, 0.05) is 11.3 Å². The first-order valence-electron chi connectivity index (χ1n) is 8.16. The molecule has 0 bridgehead atoms. The van der Waals surface area contributed by atoms with E-state index in [9.17, 15) is 14.4 Å². The number of aldehydes is 1. The highest BCUT2D eigenvalue weighted by Crippen LogP contribution is 2.33. The summed E-state index contributed by atoms with van der Waals surface area (Å²) in [7, 11) is 2.75. The number of amides is 1. The lowest BCUT2D eigenvalue weighted by Crippen LogP contribution is -2.22. The second kappa shape index (κ2) is 8.84. The predicted octanol–water partition coefficient (Wildman–Crippen LogP) is 2.93. The summed E-state index contributed by atoms with van der Waals surface area (Å²) in [4.78, 5) is 35.8. The van der Waals surface area contributed by atoms with Gasteiger partial charge in [0.05, 0.1) is 14.2 Å². The zero-order valence-corrected chi connectivity index (χ0v) is 15.6. The molecular weight excluding hydrogens is 350 g/mol. The molecular formula is C20H21NO6. The number of methoxy groups -OCH3 is 2. The maximum atomic E-state index is 12.5. The van der Waals surface area contributed by atoms with Crippen LogP contribution in [-0.2, 0) is 9.53 Å². The van der Waals surface area contributed by atoms with Crippen LogP contribution in [-0.4, -0.2) is 39.0 Å². The van der Waals surface area contributed by atoms with E-state index in [1.807, 2.05) is 26.0 Å². The molecule has 0 saturated carbocycles. The number of nitrogens with one attached hydrogen (secondary N) is 1. The first-order valence-corrected chi connectivity index (χ1v) is 8.16. The number of carbonyl (C=O) groups excluding carboxylic acids is 3. The second-order valence-corrected chi connectivity index (χ2v) is 5.75. The van der Waals surface area contributed by atoms with Crippen molar-refractivity contribution in [3.05, 3.63) is 52.6 Å². The van der Waals surface area contributed by atoms with Crippen LogP contribution in [0.1, 0.15) is 31.8 Å². The molecule has 2 aromatic carbocycles. The Morgan fingerprint density at radius 3 is 2.44 bits per heavy atom. The zero-order chi connectivity index (χ0) is 20.0. The second-order valence-electron chi connectivity index (χ2n) is 5.75. The Labute approximate surface area is 157 Å². The molecule has 0 aromatic heterocycles. The number of benzene rings is 2. The topological polar surface area (TPSA) is 90.9 Å². The first kappa shape index (κ1) is 20.0. The SMILES string of the molecule is COc1ccc(C=O)c(C(=O)OCC(=O)Nc2cccc(C)c2C)c1OC. The molecule has 1 amide bonds. The van der Waals surface area contributed by atoms with Crippen LogP contribution in [0.3, 0.4) is 0 Å². The summed E-state index contributed by atoms with van der Waals surface area (Å²) in [5, 5.41) is 2.70. The van der Waals surface area contributed by atoms with Crippen molar-refractivity contribution in [3.63, 3.8) is 0 Å². The lowest BCUT2D eigenvalue weighted by Gasteiger charge is -2.14. The molecule has 7 heteroatoms. The third-order valence-electron chi connectivity index (χ3n) is 4.12. The third-order valence-corrected chi connectivity index (χ3v) is 4.12. The van der Waals surface area contributed by atoms with Gasteiger partial charge in [0.25, 0.3) is 5.91 Å². The maximum Gasteiger partial charge on any atom is 0.343 e. The summed E-state index contributed by atoms with van der Waals surface area (Å²) >= 11 is 0. The smallest absolute Gasteiger partial charge is 0.343 e. The van der Waals surface area contributed by atoms with Crippen LogP contribution in [0.4, 0.5) is 5.69 Å². The van der Waals surface area contributed by atoms with E-state index in [4.69, 9.17) is 14.2 Å². The van der Waals surface area contributed by atoms with Gasteiger partial charge in [0.1, 0.15) is 5.56 Å². The molecule has 0 aliphatic carbocycles. The Kier molecular flexibility index (Phi) is 6.54. The van der Waals surface area contributed by atoms with Crippen LogP contribution in [0.5, 0.6) is 11.5 Å². The molecule has 0 radical (unpaired) electrons. The molecule has 0 unspecified atom stereocenters. The summed E-state index contributed by atoms with van der Waals surface area (Å²) in [6, 6.07) is 8.44. The fraction of sp³-hybridized carbons (Fsp3) is 0.250. The van der Waals surface area contributed by atoms with Crippen LogP contribution in [0.15, 0.2) is 30.3 Å². The van der Waals surface area contributed by atoms with E-state index < -0.39 is 18.5 Å². The lowest BCUT2D eigenvalue weighted by atomic mass is 10.1. The normalized spacial score (nSPS) is 10.1. The van der Waals surface area contributed by atoms with E-state index in [2.05, 4.69) is 5.32 Å². The Bertz CT molecular complexity index is 875. The Balaban J connectivity index is 2.14. The summed E-state index contributed by atoms with van der Waals surface area (Å²) in [6.07, 6.45) is 0.509. The van der Waals surface area contributed by atoms with Crippen molar-refractivity contribution in [1.29, 1.82) is 0 Å². The number of esters is 1. The van der Waals surface area contributed by atoms with Crippen LogP contribution in [0.25, 0.3) is 0 Å². The van der Waals surface area contributed by atoms with E-state index in [0.717, 1.165) is 11.1 Å². The number of hydrogen-bond donors (Lipinski definition) is 1. The summed E-state index contributed by atoms with van der Waals surface area (Å²) in [5.74, 6) is -1.01. The van der Waals surface area contributed by atoms with Crippen molar-refractivity contribution < 1.29 is 28.6 Å². The van der Waals surface area contributed by atoms with Crippen molar-refractivity contribution in [1.82, 2.24) is 0 Å². The van der Waals surface area contributed by atoms with Gasteiger partial charge in [-0.3, -0.25) is 9.59 Å². The highest BCUT2D eigenvalue weighted by atomic mass is 16.5. The van der Waals surface area contributed by atoms with Gasteiger partial charge in [-0.15, -0.1) is 0 Å². The molecule has 7 nitrogen and oxygen atoms in total. The summed E-state index contributed by atoms with van der Waals surface area (Å²) < 4.78 is 15.4. The summed E-state index contributed by atoms with van der Waals surface area (Å²) in [6.45, 7) is 3.31. The van der Waals surface area contributed by atoms with Gasteiger partial charge in [0.15, 0.2) is 24.4 Å². The molecule has 1 N–H and O–H groups in total. The molecule has 0 fully saturated rings. The van der Waals surface area contributed by atoms with Crippen LogP contribution < -0.4 is 14.8 Å². The number of ether oxygens (including phenoxy) is 3. The predicted molar refractivity (Wildman–Crippen MR) is 99.8 cm³/mol. The fourth-order valence-electron chi connectivity index (χ4n) is 2.53. The average molecular weight is 371 g/mol. The molecule has 2 aromatic rings. The number of carbonyl (C=O) groups is 3.